The van der Waals surface area contributed by atoms with Crippen LogP contribution in [0.1, 0.15) is 19.3 Å². The Morgan fingerprint density at radius 1 is 1.29 bits per heavy atom. The highest BCUT2D eigenvalue weighted by atomic mass is 16.4. The summed E-state index contributed by atoms with van der Waals surface area (Å²) in [6, 6.07) is -0.486. The largest absolute Gasteiger partial charge is 0.478 e. The van der Waals surface area contributed by atoms with Gasteiger partial charge in [0.05, 0.1) is 0 Å². The van der Waals surface area contributed by atoms with Crippen LogP contribution in [0.3, 0.4) is 0 Å². The lowest BCUT2D eigenvalue weighted by Gasteiger charge is -2.33. The topological polar surface area (TPSA) is 86.7 Å². The number of hydrogen-bond donors (Lipinski definition) is 2. The number of piperidine rings is 1. The normalized spacial score (nSPS) is 20.3. The smallest absolute Gasteiger partial charge is 0.328 e. The van der Waals surface area contributed by atoms with Crippen molar-refractivity contribution in [2.75, 3.05) is 13.6 Å². The summed E-state index contributed by atoms with van der Waals surface area (Å²) < 4.78 is 0. The van der Waals surface area contributed by atoms with Crippen molar-refractivity contribution in [1.82, 2.24) is 10.2 Å². The number of carboxylic acids is 1. The van der Waals surface area contributed by atoms with Crippen molar-refractivity contribution in [2.45, 2.75) is 25.3 Å². The van der Waals surface area contributed by atoms with Crippen molar-refractivity contribution in [3.05, 3.63) is 12.2 Å². The minimum Gasteiger partial charge on any atom is -0.478 e. The van der Waals surface area contributed by atoms with E-state index in [4.69, 9.17) is 5.11 Å². The van der Waals surface area contributed by atoms with Crippen LogP contribution < -0.4 is 5.32 Å². The molecule has 2 N–H and O–H groups in total. The average molecular weight is 240 g/mol. The molecule has 1 aliphatic heterocycles. The first-order chi connectivity index (χ1) is 8.06. The molecule has 6 nitrogen and oxygen atoms in total. The van der Waals surface area contributed by atoms with E-state index >= 15 is 0 Å². The summed E-state index contributed by atoms with van der Waals surface area (Å²) in [7, 11) is 1.52. The molecule has 1 atom stereocenters. The number of hydrogen-bond acceptors (Lipinski definition) is 3. The Morgan fingerprint density at radius 3 is 2.59 bits per heavy atom. The molecule has 0 spiro atoms. The maximum absolute atomic E-state index is 11.7. The van der Waals surface area contributed by atoms with Gasteiger partial charge in [0, 0.05) is 25.7 Å². The first-order valence-corrected chi connectivity index (χ1v) is 5.49. The van der Waals surface area contributed by atoms with Gasteiger partial charge in [0.25, 0.3) is 0 Å². The number of likely N-dealkylation sites (N-methyl/N-ethyl adjacent to an activating group) is 1. The molecule has 0 aromatic rings. The lowest BCUT2D eigenvalue weighted by molar-refractivity contribution is -0.138. The van der Waals surface area contributed by atoms with Crippen LogP contribution in [-0.4, -0.2) is 47.4 Å². The summed E-state index contributed by atoms with van der Waals surface area (Å²) in [6.45, 7) is 0.487. The number of carboxylic acid groups (broad SMARTS) is 1. The highest BCUT2D eigenvalue weighted by Crippen LogP contribution is 2.17. The number of aliphatic carboxylic acids is 1. The summed E-state index contributed by atoms with van der Waals surface area (Å²) in [5.74, 6) is -1.81. The Balaban J connectivity index is 2.74. The van der Waals surface area contributed by atoms with E-state index < -0.39 is 17.9 Å². The zero-order chi connectivity index (χ0) is 12.8. The Morgan fingerprint density at radius 2 is 2.00 bits per heavy atom. The van der Waals surface area contributed by atoms with Gasteiger partial charge in [-0.05, 0) is 19.3 Å². The maximum atomic E-state index is 11.7. The van der Waals surface area contributed by atoms with Crippen molar-refractivity contribution >= 4 is 17.8 Å². The summed E-state index contributed by atoms with van der Waals surface area (Å²) in [5, 5.41) is 11.0. The molecule has 1 fully saturated rings. The number of nitrogens with zero attached hydrogens (tertiary/aromatic N) is 1. The highest BCUT2D eigenvalue weighted by molar-refractivity contribution is 5.96. The fraction of sp³-hybridized carbons (Fsp3) is 0.545. The average Bonchev–Trinajstić information content (AvgIpc) is 2.34. The van der Waals surface area contributed by atoms with Gasteiger partial charge in [0.2, 0.25) is 11.8 Å². The number of rotatable bonds is 3. The predicted molar refractivity (Wildman–Crippen MR) is 60.2 cm³/mol. The molecule has 1 unspecified atom stereocenters. The molecule has 6 heteroatoms. The first-order valence-electron chi connectivity index (χ1n) is 5.49. The van der Waals surface area contributed by atoms with E-state index in [0.29, 0.717) is 13.0 Å². The quantitative estimate of drug-likeness (QED) is 0.666. The third kappa shape index (κ3) is 3.58. The van der Waals surface area contributed by atoms with E-state index in [1.807, 2.05) is 0 Å². The lowest BCUT2D eigenvalue weighted by Crippen LogP contribution is -2.50. The lowest BCUT2D eigenvalue weighted by atomic mass is 10.0. The molecule has 1 rings (SSSR count). The van der Waals surface area contributed by atoms with E-state index in [0.717, 1.165) is 25.0 Å². The van der Waals surface area contributed by atoms with Crippen LogP contribution in [0.15, 0.2) is 12.2 Å². The zero-order valence-electron chi connectivity index (χ0n) is 9.68. The number of likely N-dealkylation sites (tertiary alicyclic amines) is 1. The third-order valence-electron chi connectivity index (χ3n) is 2.70. The van der Waals surface area contributed by atoms with E-state index in [1.54, 1.807) is 0 Å². The van der Waals surface area contributed by atoms with E-state index in [2.05, 4.69) is 5.32 Å². The number of carbonyl (C=O) groups is 3. The van der Waals surface area contributed by atoms with Crippen molar-refractivity contribution in [1.29, 1.82) is 0 Å². The van der Waals surface area contributed by atoms with Crippen molar-refractivity contribution in [3.63, 3.8) is 0 Å². The van der Waals surface area contributed by atoms with Gasteiger partial charge in [-0.25, -0.2) is 4.79 Å². The standard InChI is InChI=1S/C11H16N2O4/c1-12-11(17)8-4-2-3-7-13(8)9(14)5-6-10(15)16/h5-6,8H,2-4,7H2,1H3,(H,12,17)(H,15,16)/b6-5+. The van der Waals surface area contributed by atoms with Crippen molar-refractivity contribution in [2.24, 2.45) is 0 Å². The fourth-order valence-corrected chi connectivity index (χ4v) is 1.87. The second kappa shape index (κ2) is 6.03. The summed E-state index contributed by atoms with van der Waals surface area (Å²) in [6.07, 6.45) is 4.12. The van der Waals surface area contributed by atoms with Crippen LogP contribution in [0.4, 0.5) is 0 Å². The van der Waals surface area contributed by atoms with E-state index in [9.17, 15) is 14.4 Å². The molecule has 0 saturated carbocycles. The fourth-order valence-electron chi connectivity index (χ4n) is 1.87. The second-order valence-electron chi connectivity index (χ2n) is 3.83. The van der Waals surface area contributed by atoms with E-state index in [1.165, 1.54) is 11.9 Å². The Bertz CT molecular complexity index is 351. The number of amides is 2. The van der Waals surface area contributed by atoms with Gasteiger partial charge in [-0.15, -0.1) is 0 Å². The SMILES string of the molecule is CNC(=O)C1CCCCN1C(=O)/C=C/C(=O)O. The maximum Gasteiger partial charge on any atom is 0.328 e. The predicted octanol–water partition coefficient (Wildman–Crippen LogP) is -0.246. The zero-order valence-corrected chi connectivity index (χ0v) is 9.68. The Kier molecular flexibility index (Phi) is 4.68. The van der Waals surface area contributed by atoms with Gasteiger partial charge in [-0.3, -0.25) is 9.59 Å². The van der Waals surface area contributed by atoms with Gasteiger partial charge in [-0.2, -0.15) is 0 Å². The number of nitrogens with one attached hydrogen (secondary N) is 1. The van der Waals surface area contributed by atoms with Crippen LogP contribution in [-0.2, 0) is 14.4 Å². The number of carbonyl (C=O) groups excluding carboxylic acids is 2. The summed E-state index contributed by atoms with van der Waals surface area (Å²) in [5.41, 5.74) is 0. The van der Waals surface area contributed by atoms with Crippen molar-refractivity contribution < 1.29 is 19.5 Å². The molecule has 1 aliphatic rings. The van der Waals surface area contributed by atoms with Crippen LogP contribution in [0, 0.1) is 0 Å². The van der Waals surface area contributed by atoms with Gasteiger partial charge < -0.3 is 15.3 Å². The monoisotopic (exact) mass is 240 g/mol. The van der Waals surface area contributed by atoms with Crippen molar-refractivity contribution in [3.8, 4) is 0 Å². The second-order valence-corrected chi connectivity index (χ2v) is 3.83. The molecule has 0 aromatic carbocycles. The Hall–Kier alpha value is -1.85. The minimum atomic E-state index is -1.17. The molecule has 17 heavy (non-hydrogen) atoms. The molecular formula is C11H16N2O4. The molecular weight excluding hydrogens is 224 g/mol. The van der Waals surface area contributed by atoms with Crippen LogP contribution in [0.5, 0.6) is 0 Å². The van der Waals surface area contributed by atoms with Crippen LogP contribution in [0.2, 0.25) is 0 Å². The third-order valence-corrected chi connectivity index (χ3v) is 2.70. The summed E-state index contributed by atoms with van der Waals surface area (Å²) in [4.78, 5) is 35.0. The molecule has 1 heterocycles. The molecule has 0 aromatic heterocycles. The van der Waals surface area contributed by atoms with Gasteiger partial charge in [-0.1, -0.05) is 0 Å². The van der Waals surface area contributed by atoms with Gasteiger partial charge in [0.15, 0.2) is 0 Å². The van der Waals surface area contributed by atoms with Gasteiger partial charge >= 0.3 is 5.97 Å². The molecule has 2 amide bonds. The minimum absolute atomic E-state index is 0.207. The molecule has 0 bridgehead atoms. The van der Waals surface area contributed by atoms with E-state index in [-0.39, 0.29) is 5.91 Å². The molecule has 0 aliphatic carbocycles. The highest BCUT2D eigenvalue weighted by Gasteiger charge is 2.30. The molecule has 0 radical (unpaired) electrons. The summed E-state index contributed by atoms with van der Waals surface area (Å²) >= 11 is 0. The Labute approximate surface area is 99.3 Å². The first kappa shape index (κ1) is 13.2. The molecule has 1 saturated heterocycles. The molecule has 94 valence electrons. The van der Waals surface area contributed by atoms with Gasteiger partial charge in [0.1, 0.15) is 6.04 Å². The van der Waals surface area contributed by atoms with Crippen LogP contribution in [0.25, 0.3) is 0 Å². The van der Waals surface area contributed by atoms with Crippen LogP contribution >= 0.6 is 0 Å².